The third-order valence-corrected chi connectivity index (χ3v) is 2.29. The number of aliphatic hydroxyl groups excluding tert-OH is 1. The molecule has 0 atom stereocenters. The van der Waals surface area contributed by atoms with Crippen LogP contribution in [-0.4, -0.2) is 10.1 Å². The van der Waals surface area contributed by atoms with Gasteiger partial charge in [-0.1, -0.05) is 18.2 Å². The maximum absolute atomic E-state index is 9.02. The van der Waals surface area contributed by atoms with Gasteiger partial charge in [0, 0.05) is 12.6 Å². The lowest BCUT2D eigenvalue weighted by atomic mass is 10.2. The van der Waals surface area contributed by atoms with Crippen LogP contribution in [0.1, 0.15) is 11.3 Å². The van der Waals surface area contributed by atoms with Gasteiger partial charge in [-0.15, -0.1) is 0 Å². The summed E-state index contributed by atoms with van der Waals surface area (Å²) in [7, 11) is 0. The van der Waals surface area contributed by atoms with E-state index in [-0.39, 0.29) is 6.61 Å². The van der Waals surface area contributed by atoms with Crippen molar-refractivity contribution in [1.82, 2.24) is 4.98 Å². The molecule has 0 bridgehead atoms. The molecular formula is C13H14N2O2. The summed E-state index contributed by atoms with van der Waals surface area (Å²) >= 11 is 0. The SMILES string of the molecule is NCc1cccc(Oc2cccc(CO)c2)n1. The number of hydrogen-bond acceptors (Lipinski definition) is 4. The highest BCUT2D eigenvalue weighted by atomic mass is 16.5. The van der Waals surface area contributed by atoms with Crippen LogP contribution in [0.4, 0.5) is 0 Å². The lowest BCUT2D eigenvalue weighted by Crippen LogP contribution is -2.00. The first kappa shape index (κ1) is 11.6. The number of rotatable bonds is 4. The number of aliphatic hydroxyl groups is 1. The molecule has 4 nitrogen and oxygen atoms in total. The van der Waals surface area contributed by atoms with Crippen molar-refractivity contribution >= 4 is 0 Å². The van der Waals surface area contributed by atoms with Crippen LogP contribution >= 0.6 is 0 Å². The van der Waals surface area contributed by atoms with Crippen molar-refractivity contribution in [1.29, 1.82) is 0 Å². The minimum absolute atomic E-state index is 0.00648. The fourth-order valence-corrected chi connectivity index (χ4v) is 1.46. The summed E-state index contributed by atoms with van der Waals surface area (Å²) < 4.78 is 5.59. The predicted molar refractivity (Wildman–Crippen MR) is 64.6 cm³/mol. The Hall–Kier alpha value is -1.91. The molecule has 1 heterocycles. The van der Waals surface area contributed by atoms with Crippen LogP contribution in [0.5, 0.6) is 11.6 Å². The van der Waals surface area contributed by atoms with Crippen molar-refractivity contribution in [2.45, 2.75) is 13.2 Å². The van der Waals surface area contributed by atoms with Crippen molar-refractivity contribution in [2.75, 3.05) is 0 Å². The van der Waals surface area contributed by atoms with Gasteiger partial charge in [0.2, 0.25) is 5.88 Å². The third-order valence-electron chi connectivity index (χ3n) is 2.29. The molecule has 0 aliphatic heterocycles. The van der Waals surface area contributed by atoms with Crippen molar-refractivity contribution in [3.8, 4) is 11.6 Å². The average molecular weight is 230 g/mol. The molecule has 88 valence electrons. The molecule has 1 aromatic carbocycles. The Morgan fingerprint density at radius 3 is 2.76 bits per heavy atom. The van der Waals surface area contributed by atoms with Crippen LogP contribution in [0.2, 0.25) is 0 Å². The molecule has 0 spiro atoms. The number of nitrogens with two attached hydrogens (primary N) is 1. The summed E-state index contributed by atoms with van der Waals surface area (Å²) in [5.41, 5.74) is 7.09. The Labute approximate surface area is 99.7 Å². The number of ether oxygens (including phenoxy) is 1. The third kappa shape index (κ3) is 3.03. The van der Waals surface area contributed by atoms with Gasteiger partial charge >= 0.3 is 0 Å². The average Bonchev–Trinajstić information content (AvgIpc) is 2.39. The van der Waals surface area contributed by atoms with Gasteiger partial charge in [0.1, 0.15) is 5.75 Å². The number of aromatic nitrogens is 1. The van der Waals surface area contributed by atoms with Crippen LogP contribution in [0.25, 0.3) is 0 Å². The Balaban J connectivity index is 2.18. The van der Waals surface area contributed by atoms with Crippen LogP contribution in [0.3, 0.4) is 0 Å². The predicted octanol–water partition coefficient (Wildman–Crippen LogP) is 1.82. The number of hydrogen-bond donors (Lipinski definition) is 2. The largest absolute Gasteiger partial charge is 0.439 e. The standard InChI is InChI=1S/C13H14N2O2/c14-8-11-4-2-6-13(15-11)17-12-5-1-3-10(7-12)9-16/h1-7,16H,8-9,14H2. The fourth-order valence-electron chi connectivity index (χ4n) is 1.46. The molecular weight excluding hydrogens is 216 g/mol. The van der Waals surface area contributed by atoms with E-state index in [4.69, 9.17) is 15.6 Å². The minimum atomic E-state index is -0.00648. The van der Waals surface area contributed by atoms with E-state index in [0.29, 0.717) is 18.2 Å². The second-order valence-electron chi connectivity index (χ2n) is 3.58. The molecule has 0 fully saturated rings. The van der Waals surface area contributed by atoms with Crippen molar-refractivity contribution in [3.63, 3.8) is 0 Å². The summed E-state index contributed by atoms with van der Waals surface area (Å²) in [5.74, 6) is 1.15. The first-order valence-electron chi connectivity index (χ1n) is 5.35. The molecule has 2 aromatic rings. The molecule has 4 heteroatoms. The molecule has 0 aliphatic rings. The quantitative estimate of drug-likeness (QED) is 0.840. The molecule has 0 unspecified atom stereocenters. The van der Waals surface area contributed by atoms with Crippen LogP contribution in [0.15, 0.2) is 42.5 Å². The van der Waals surface area contributed by atoms with Crippen LogP contribution in [0, 0.1) is 0 Å². The van der Waals surface area contributed by atoms with Gasteiger partial charge in [0.25, 0.3) is 0 Å². The lowest BCUT2D eigenvalue weighted by molar-refractivity contribution is 0.281. The first-order chi connectivity index (χ1) is 8.31. The summed E-state index contributed by atoms with van der Waals surface area (Å²) in [5, 5.41) is 9.02. The molecule has 0 saturated carbocycles. The summed E-state index contributed by atoms with van der Waals surface area (Å²) in [6.45, 7) is 0.376. The van der Waals surface area contributed by atoms with E-state index >= 15 is 0 Å². The van der Waals surface area contributed by atoms with Crippen LogP contribution < -0.4 is 10.5 Å². The first-order valence-corrected chi connectivity index (χ1v) is 5.35. The van der Waals surface area contributed by atoms with E-state index in [1.807, 2.05) is 30.3 Å². The summed E-state index contributed by atoms with van der Waals surface area (Å²) in [4.78, 5) is 4.23. The fraction of sp³-hybridized carbons (Fsp3) is 0.154. The Morgan fingerprint density at radius 2 is 2.00 bits per heavy atom. The highest BCUT2D eigenvalue weighted by Gasteiger charge is 2.00. The molecule has 1 aromatic heterocycles. The van der Waals surface area contributed by atoms with E-state index in [9.17, 15) is 0 Å². The van der Waals surface area contributed by atoms with Crippen molar-refractivity contribution < 1.29 is 9.84 Å². The monoisotopic (exact) mass is 230 g/mol. The second-order valence-corrected chi connectivity index (χ2v) is 3.58. The van der Waals surface area contributed by atoms with Crippen molar-refractivity contribution in [3.05, 3.63) is 53.7 Å². The molecule has 0 aliphatic carbocycles. The normalized spacial score (nSPS) is 10.2. The number of nitrogens with zero attached hydrogens (tertiary/aromatic N) is 1. The van der Waals surface area contributed by atoms with E-state index in [1.54, 1.807) is 12.1 Å². The van der Waals surface area contributed by atoms with Crippen LogP contribution in [-0.2, 0) is 13.2 Å². The highest BCUT2D eigenvalue weighted by Crippen LogP contribution is 2.20. The number of benzene rings is 1. The smallest absolute Gasteiger partial charge is 0.219 e. The topological polar surface area (TPSA) is 68.4 Å². The van der Waals surface area contributed by atoms with E-state index in [0.717, 1.165) is 11.3 Å². The summed E-state index contributed by atoms with van der Waals surface area (Å²) in [6.07, 6.45) is 0. The van der Waals surface area contributed by atoms with E-state index in [1.165, 1.54) is 0 Å². The maximum atomic E-state index is 9.02. The zero-order valence-corrected chi connectivity index (χ0v) is 9.34. The summed E-state index contributed by atoms with van der Waals surface area (Å²) in [6, 6.07) is 12.7. The molecule has 0 saturated heterocycles. The zero-order chi connectivity index (χ0) is 12.1. The van der Waals surface area contributed by atoms with Gasteiger partial charge in [-0.25, -0.2) is 4.98 Å². The van der Waals surface area contributed by atoms with E-state index in [2.05, 4.69) is 4.98 Å². The maximum Gasteiger partial charge on any atom is 0.219 e. The van der Waals surface area contributed by atoms with E-state index < -0.39 is 0 Å². The molecule has 3 N–H and O–H groups in total. The Morgan fingerprint density at radius 1 is 1.18 bits per heavy atom. The Kier molecular flexibility index (Phi) is 3.69. The molecule has 0 radical (unpaired) electrons. The minimum Gasteiger partial charge on any atom is -0.439 e. The number of pyridine rings is 1. The van der Waals surface area contributed by atoms with Gasteiger partial charge < -0.3 is 15.6 Å². The van der Waals surface area contributed by atoms with Gasteiger partial charge in [-0.05, 0) is 23.8 Å². The highest BCUT2D eigenvalue weighted by molar-refractivity contribution is 5.31. The van der Waals surface area contributed by atoms with Gasteiger partial charge in [-0.3, -0.25) is 0 Å². The van der Waals surface area contributed by atoms with Crippen molar-refractivity contribution in [2.24, 2.45) is 5.73 Å². The van der Waals surface area contributed by atoms with Gasteiger partial charge in [0.05, 0.1) is 12.3 Å². The molecule has 2 rings (SSSR count). The lowest BCUT2D eigenvalue weighted by Gasteiger charge is -2.06. The second kappa shape index (κ2) is 5.43. The van der Waals surface area contributed by atoms with Gasteiger partial charge in [0.15, 0.2) is 0 Å². The molecule has 17 heavy (non-hydrogen) atoms. The zero-order valence-electron chi connectivity index (χ0n) is 9.34. The Bertz CT molecular complexity index is 455. The van der Waals surface area contributed by atoms with Gasteiger partial charge in [-0.2, -0.15) is 0 Å². The molecule has 0 amide bonds.